The van der Waals surface area contributed by atoms with Crippen LogP contribution in [-0.4, -0.2) is 10.9 Å². The normalized spacial score (nSPS) is 17.9. The van der Waals surface area contributed by atoms with Gasteiger partial charge < -0.3 is 0 Å². The molecular formula is C21H22O2S. The number of hydrogen-bond donors (Lipinski definition) is 0. The van der Waals surface area contributed by atoms with Crippen molar-refractivity contribution < 1.29 is 9.59 Å². The van der Waals surface area contributed by atoms with E-state index in [-0.39, 0.29) is 16.3 Å². The molecule has 2 nitrogen and oxygen atoms in total. The molecule has 0 spiro atoms. The van der Waals surface area contributed by atoms with Gasteiger partial charge in [-0.15, -0.1) is 0 Å². The second-order valence-corrected chi connectivity index (χ2v) is 7.56. The standard InChI is InChI=1S/C21H22O2S/c22-19-13-7-8-16(14-19)15-20(23)24-21(17-9-3-1-4-10-17)18-11-5-2-6-12-18/h1-6,9-12,16,21H,7-8,13-15H2. The number of ketones is 1. The summed E-state index contributed by atoms with van der Waals surface area (Å²) in [6.45, 7) is 0. The number of rotatable bonds is 5. The molecule has 0 aliphatic heterocycles. The lowest BCUT2D eigenvalue weighted by Gasteiger charge is -2.21. The van der Waals surface area contributed by atoms with Gasteiger partial charge in [0.05, 0.1) is 5.25 Å². The van der Waals surface area contributed by atoms with Crippen LogP contribution in [-0.2, 0) is 9.59 Å². The van der Waals surface area contributed by atoms with E-state index in [0.29, 0.717) is 25.0 Å². The van der Waals surface area contributed by atoms with Crippen molar-refractivity contribution in [1.29, 1.82) is 0 Å². The summed E-state index contributed by atoms with van der Waals surface area (Å²) in [6, 6.07) is 20.3. The Morgan fingerprint density at radius 1 is 1.00 bits per heavy atom. The first-order chi connectivity index (χ1) is 11.7. The smallest absolute Gasteiger partial charge is 0.190 e. The molecule has 1 fully saturated rings. The third-order valence-electron chi connectivity index (χ3n) is 4.49. The minimum absolute atomic E-state index is 0.0131. The number of thioether (sulfide) groups is 1. The summed E-state index contributed by atoms with van der Waals surface area (Å²) in [5, 5.41) is 0.201. The highest BCUT2D eigenvalue weighted by atomic mass is 32.2. The van der Waals surface area contributed by atoms with Gasteiger partial charge in [0.1, 0.15) is 5.78 Å². The van der Waals surface area contributed by atoms with Gasteiger partial charge >= 0.3 is 0 Å². The van der Waals surface area contributed by atoms with E-state index in [0.717, 1.165) is 24.0 Å². The molecule has 0 N–H and O–H groups in total. The first-order valence-electron chi connectivity index (χ1n) is 8.53. The molecule has 3 heteroatoms. The lowest BCUT2D eigenvalue weighted by molar-refractivity contribution is -0.122. The maximum atomic E-state index is 12.6. The second-order valence-electron chi connectivity index (χ2n) is 6.40. The van der Waals surface area contributed by atoms with E-state index in [2.05, 4.69) is 24.3 Å². The van der Waals surface area contributed by atoms with E-state index in [1.807, 2.05) is 36.4 Å². The van der Waals surface area contributed by atoms with Gasteiger partial charge in [0.25, 0.3) is 0 Å². The predicted molar refractivity (Wildman–Crippen MR) is 98.9 cm³/mol. The lowest BCUT2D eigenvalue weighted by atomic mass is 9.86. The minimum Gasteiger partial charge on any atom is -0.300 e. The molecule has 3 rings (SSSR count). The summed E-state index contributed by atoms with van der Waals surface area (Å²) in [5.74, 6) is 0.546. The first-order valence-corrected chi connectivity index (χ1v) is 9.41. The molecule has 1 aliphatic carbocycles. The zero-order chi connectivity index (χ0) is 16.8. The number of hydrogen-bond acceptors (Lipinski definition) is 3. The average molecular weight is 338 g/mol. The van der Waals surface area contributed by atoms with Crippen molar-refractivity contribution in [1.82, 2.24) is 0 Å². The maximum absolute atomic E-state index is 12.6. The van der Waals surface area contributed by atoms with Gasteiger partial charge in [-0.25, -0.2) is 0 Å². The number of carbonyl (C=O) groups excluding carboxylic acids is 2. The third-order valence-corrected chi connectivity index (χ3v) is 5.70. The summed E-state index contributed by atoms with van der Waals surface area (Å²) < 4.78 is 0. The fraction of sp³-hybridized carbons (Fsp3) is 0.333. The average Bonchev–Trinajstić information content (AvgIpc) is 2.61. The molecule has 0 radical (unpaired) electrons. The van der Waals surface area contributed by atoms with Crippen LogP contribution in [0.15, 0.2) is 60.7 Å². The van der Waals surface area contributed by atoms with Gasteiger partial charge in [0.15, 0.2) is 5.12 Å². The molecule has 0 aromatic heterocycles. The van der Waals surface area contributed by atoms with Crippen molar-refractivity contribution in [2.75, 3.05) is 0 Å². The van der Waals surface area contributed by atoms with Crippen LogP contribution in [0.1, 0.15) is 48.5 Å². The van der Waals surface area contributed by atoms with Crippen molar-refractivity contribution in [3.8, 4) is 0 Å². The molecule has 1 saturated carbocycles. The van der Waals surface area contributed by atoms with E-state index in [4.69, 9.17) is 0 Å². The molecule has 124 valence electrons. The van der Waals surface area contributed by atoms with Crippen molar-refractivity contribution in [3.05, 3.63) is 71.8 Å². The van der Waals surface area contributed by atoms with Gasteiger partial charge in [-0.3, -0.25) is 9.59 Å². The van der Waals surface area contributed by atoms with Crippen LogP contribution in [0.4, 0.5) is 0 Å². The van der Waals surface area contributed by atoms with Gasteiger partial charge in [-0.1, -0.05) is 72.4 Å². The molecule has 0 amide bonds. The molecule has 0 heterocycles. The van der Waals surface area contributed by atoms with Crippen LogP contribution >= 0.6 is 11.8 Å². The molecule has 0 saturated heterocycles. The van der Waals surface area contributed by atoms with Gasteiger partial charge in [0, 0.05) is 19.3 Å². The molecule has 1 unspecified atom stereocenters. The van der Waals surface area contributed by atoms with Gasteiger partial charge in [-0.2, -0.15) is 0 Å². The van der Waals surface area contributed by atoms with Crippen molar-refractivity contribution >= 4 is 22.7 Å². The Kier molecular flexibility index (Phi) is 5.86. The Labute approximate surface area is 147 Å². The number of carbonyl (C=O) groups is 2. The maximum Gasteiger partial charge on any atom is 0.190 e. The fourth-order valence-electron chi connectivity index (χ4n) is 3.29. The van der Waals surface area contributed by atoms with Crippen molar-refractivity contribution in [2.45, 2.75) is 37.4 Å². The Balaban J connectivity index is 1.72. The van der Waals surface area contributed by atoms with E-state index in [9.17, 15) is 9.59 Å². The molecular weight excluding hydrogens is 316 g/mol. The summed E-state index contributed by atoms with van der Waals surface area (Å²) >= 11 is 1.40. The molecule has 1 atom stereocenters. The topological polar surface area (TPSA) is 34.1 Å². The van der Waals surface area contributed by atoms with E-state index < -0.39 is 0 Å². The second kappa shape index (κ2) is 8.29. The summed E-state index contributed by atoms with van der Waals surface area (Å²) in [5.41, 5.74) is 2.28. The van der Waals surface area contributed by atoms with Gasteiger partial charge in [0.2, 0.25) is 0 Å². The predicted octanol–water partition coefficient (Wildman–Crippen LogP) is 5.19. The van der Waals surface area contributed by atoms with Gasteiger partial charge in [-0.05, 0) is 29.9 Å². The van der Waals surface area contributed by atoms with E-state index in [1.54, 1.807) is 0 Å². The van der Waals surface area contributed by atoms with Crippen LogP contribution < -0.4 is 0 Å². The summed E-state index contributed by atoms with van der Waals surface area (Å²) in [6.07, 6.45) is 3.70. The van der Waals surface area contributed by atoms with Crippen LogP contribution in [0.2, 0.25) is 0 Å². The highest BCUT2D eigenvalue weighted by Gasteiger charge is 2.25. The summed E-state index contributed by atoms with van der Waals surface area (Å²) in [7, 11) is 0. The Morgan fingerprint density at radius 2 is 1.58 bits per heavy atom. The van der Waals surface area contributed by atoms with E-state index in [1.165, 1.54) is 11.8 Å². The fourth-order valence-corrected chi connectivity index (χ4v) is 4.47. The highest BCUT2D eigenvalue weighted by Crippen LogP contribution is 2.38. The third kappa shape index (κ3) is 4.57. The van der Waals surface area contributed by atoms with Crippen LogP contribution in [0, 0.1) is 5.92 Å². The largest absolute Gasteiger partial charge is 0.300 e. The number of Topliss-reactive ketones (excluding diaryl/α,β-unsaturated/α-hetero) is 1. The highest BCUT2D eigenvalue weighted by molar-refractivity contribution is 8.14. The quantitative estimate of drug-likeness (QED) is 0.753. The monoisotopic (exact) mass is 338 g/mol. The minimum atomic E-state index is 0.0131. The van der Waals surface area contributed by atoms with Crippen LogP contribution in [0.3, 0.4) is 0 Å². The molecule has 0 bridgehead atoms. The molecule has 24 heavy (non-hydrogen) atoms. The first kappa shape index (κ1) is 17.0. The van der Waals surface area contributed by atoms with Crippen LogP contribution in [0.5, 0.6) is 0 Å². The lowest BCUT2D eigenvalue weighted by Crippen LogP contribution is -2.17. The molecule has 2 aromatic carbocycles. The zero-order valence-corrected chi connectivity index (χ0v) is 14.5. The summed E-state index contributed by atoms with van der Waals surface area (Å²) in [4.78, 5) is 24.2. The Hall–Kier alpha value is -1.87. The Morgan fingerprint density at radius 3 is 2.12 bits per heavy atom. The zero-order valence-electron chi connectivity index (χ0n) is 13.7. The molecule has 2 aromatic rings. The number of benzene rings is 2. The Bertz CT molecular complexity index is 642. The SMILES string of the molecule is O=C1CCCC(CC(=O)SC(c2ccccc2)c2ccccc2)C1. The van der Waals surface area contributed by atoms with Crippen molar-refractivity contribution in [2.24, 2.45) is 5.92 Å². The van der Waals surface area contributed by atoms with Crippen LogP contribution in [0.25, 0.3) is 0 Å². The molecule has 1 aliphatic rings. The van der Waals surface area contributed by atoms with Crippen molar-refractivity contribution in [3.63, 3.8) is 0 Å². The van der Waals surface area contributed by atoms with E-state index >= 15 is 0 Å².